The lowest BCUT2D eigenvalue weighted by molar-refractivity contribution is 0.317. The number of piperidine rings is 1. The van der Waals surface area contributed by atoms with Crippen molar-refractivity contribution in [3.8, 4) is 11.5 Å². The Labute approximate surface area is 112 Å². The Morgan fingerprint density at radius 2 is 2.37 bits per heavy atom. The largest absolute Gasteiger partial charge is 0.504 e. The minimum Gasteiger partial charge on any atom is -0.504 e. The van der Waals surface area contributed by atoms with E-state index < -0.39 is 0 Å². The van der Waals surface area contributed by atoms with Crippen molar-refractivity contribution in [3.05, 3.63) is 23.8 Å². The molecule has 1 saturated heterocycles. The van der Waals surface area contributed by atoms with Gasteiger partial charge in [-0.15, -0.1) is 0 Å². The van der Waals surface area contributed by atoms with Gasteiger partial charge in [-0.3, -0.25) is 0 Å². The van der Waals surface area contributed by atoms with Gasteiger partial charge in [-0.1, -0.05) is 6.07 Å². The maximum atomic E-state index is 9.75. The van der Waals surface area contributed by atoms with E-state index in [1.54, 1.807) is 6.07 Å². The highest BCUT2D eigenvalue weighted by molar-refractivity contribution is 5.89. The molecule has 102 valence electrons. The van der Waals surface area contributed by atoms with Crippen LogP contribution in [-0.2, 0) is 0 Å². The van der Waals surface area contributed by atoms with Crippen LogP contribution in [0.15, 0.2) is 23.3 Å². The van der Waals surface area contributed by atoms with E-state index in [1.165, 1.54) is 5.71 Å². The van der Waals surface area contributed by atoms with Crippen molar-refractivity contribution < 1.29 is 9.84 Å². The molecule has 2 aliphatic rings. The molecule has 2 atom stereocenters. The molecule has 1 aromatic carbocycles. The number of benzene rings is 1. The topological polar surface area (TPSA) is 65.9 Å². The van der Waals surface area contributed by atoms with Gasteiger partial charge in [0.25, 0.3) is 0 Å². The summed E-state index contributed by atoms with van der Waals surface area (Å²) in [7, 11) is 0. The van der Waals surface area contributed by atoms with Crippen LogP contribution in [0.5, 0.6) is 11.5 Å². The fourth-order valence-corrected chi connectivity index (χ4v) is 2.77. The number of phenols is 1. The quantitative estimate of drug-likeness (QED) is 0.769. The van der Waals surface area contributed by atoms with Crippen molar-refractivity contribution in [2.75, 3.05) is 19.7 Å². The summed E-state index contributed by atoms with van der Waals surface area (Å²) >= 11 is 0. The van der Waals surface area contributed by atoms with Crippen molar-refractivity contribution in [1.82, 2.24) is 10.7 Å². The van der Waals surface area contributed by atoms with Crippen molar-refractivity contribution in [3.63, 3.8) is 0 Å². The van der Waals surface area contributed by atoms with Gasteiger partial charge in [-0.2, -0.15) is 5.10 Å². The summed E-state index contributed by atoms with van der Waals surface area (Å²) in [4.78, 5) is 0. The normalized spacial score (nSPS) is 25.4. The molecule has 1 fully saturated rings. The summed E-state index contributed by atoms with van der Waals surface area (Å²) in [5.74, 6) is 1.12. The van der Waals surface area contributed by atoms with E-state index in [2.05, 4.69) is 15.8 Å². The van der Waals surface area contributed by atoms with Gasteiger partial charge in [0, 0.05) is 31.1 Å². The van der Waals surface area contributed by atoms with E-state index >= 15 is 0 Å². The van der Waals surface area contributed by atoms with Crippen molar-refractivity contribution in [1.29, 1.82) is 0 Å². The van der Waals surface area contributed by atoms with Gasteiger partial charge in [-0.05, 0) is 24.6 Å². The molecule has 0 bridgehead atoms. The summed E-state index contributed by atoms with van der Waals surface area (Å²) in [5, 5.41) is 17.6. The van der Waals surface area contributed by atoms with Gasteiger partial charge >= 0.3 is 0 Å². The van der Waals surface area contributed by atoms with Gasteiger partial charge < -0.3 is 20.6 Å². The molecule has 3 rings (SSSR count). The van der Waals surface area contributed by atoms with E-state index in [-0.39, 0.29) is 11.8 Å². The Bertz CT molecular complexity index is 501. The lowest BCUT2D eigenvalue weighted by atomic mass is 9.87. The van der Waals surface area contributed by atoms with Crippen LogP contribution in [0.25, 0.3) is 0 Å². The lowest BCUT2D eigenvalue weighted by Crippen LogP contribution is -2.38. The molecule has 5 heteroatoms. The first-order valence-corrected chi connectivity index (χ1v) is 6.78. The monoisotopic (exact) mass is 261 g/mol. The third kappa shape index (κ3) is 2.26. The highest BCUT2D eigenvalue weighted by atomic mass is 16.5. The molecule has 2 unspecified atom stereocenters. The van der Waals surface area contributed by atoms with Crippen LogP contribution in [0.4, 0.5) is 0 Å². The fraction of sp³-hybridized carbons (Fsp3) is 0.500. The van der Waals surface area contributed by atoms with Gasteiger partial charge in [0.2, 0.25) is 0 Å². The fourth-order valence-electron chi connectivity index (χ4n) is 2.77. The standard InChI is InChI=1S/C14H19N3O2/c1-2-19-13-7-9(3-4-12(13)18)14-10-8-15-6-5-11(10)16-17-14/h3-4,7,10,14-15,17-18H,2,5-6,8H2,1H3. The third-order valence-corrected chi connectivity index (χ3v) is 3.74. The zero-order valence-corrected chi connectivity index (χ0v) is 11.0. The first-order chi connectivity index (χ1) is 9.29. The lowest BCUT2D eigenvalue weighted by Gasteiger charge is -2.25. The molecule has 0 saturated carbocycles. The van der Waals surface area contributed by atoms with Crippen LogP contribution < -0.4 is 15.5 Å². The predicted molar refractivity (Wildman–Crippen MR) is 73.6 cm³/mol. The maximum Gasteiger partial charge on any atom is 0.161 e. The minimum absolute atomic E-state index is 0.169. The molecular weight excluding hydrogens is 242 g/mol. The van der Waals surface area contributed by atoms with Gasteiger partial charge in [0.1, 0.15) is 0 Å². The number of hydrazone groups is 1. The van der Waals surface area contributed by atoms with Crippen molar-refractivity contribution >= 4 is 5.71 Å². The summed E-state index contributed by atoms with van der Waals surface area (Å²) in [6.07, 6.45) is 1.00. The summed E-state index contributed by atoms with van der Waals surface area (Å²) in [5.41, 5.74) is 5.56. The van der Waals surface area contributed by atoms with Crippen LogP contribution >= 0.6 is 0 Å². The molecular formula is C14H19N3O2. The number of rotatable bonds is 3. The number of phenolic OH excluding ortho intramolecular Hbond substituents is 1. The Balaban J connectivity index is 1.84. The molecule has 0 aromatic heterocycles. The Morgan fingerprint density at radius 3 is 3.21 bits per heavy atom. The minimum atomic E-state index is 0.169. The van der Waals surface area contributed by atoms with Crippen LogP contribution in [0.2, 0.25) is 0 Å². The first-order valence-electron chi connectivity index (χ1n) is 6.78. The summed E-state index contributed by atoms with van der Waals surface area (Å²) < 4.78 is 5.44. The first kappa shape index (κ1) is 12.3. The maximum absolute atomic E-state index is 9.75. The average Bonchev–Trinajstić information content (AvgIpc) is 2.85. The van der Waals surface area contributed by atoms with Gasteiger partial charge in [-0.25, -0.2) is 0 Å². The average molecular weight is 261 g/mol. The number of ether oxygens (including phenoxy) is 1. The van der Waals surface area contributed by atoms with Crippen LogP contribution in [0.3, 0.4) is 0 Å². The van der Waals surface area contributed by atoms with Crippen LogP contribution in [-0.4, -0.2) is 30.5 Å². The van der Waals surface area contributed by atoms with Crippen molar-refractivity contribution in [2.45, 2.75) is 19.4 Å². The second kappa shape index (κ2) is 5.09. The van der Waals surface area contributed by atoms with Crippen molar-refractivity contribution in [2.24, 2.45) is 11.0 Å². The van der Waals surface area contributed by atoms with Gasteiger partial charge in [0.05, 0.1) is 12.6 Å². The Morgan fingerprint density at radius 1 is 1.47 bits per heavy atom. The van der Waals surface area contributed by atoms with E-state index in [9.17, 15) is 5.11 Å². The number of hydrogen-bond acceptors (Lipinski definition) is 5. The molecule has 5 nitrogen and oxygen atoms in total. The molecule has 2 aliphatic heterocycles. The molecule has 3 N–H and O–H groups in total. The molecule has 1 aromatic rings. The zero-order chi connectivity index (χ0) is 13.2. The number of nitrogens with one attached hydrogen (secondary N) is 2. The molecule has 0 amide bonds. The molecule has 19 heavy (non-hydrogen) atoms. The summed E-state index contributed by atoms with van der Waals surface area (Å²) in [6, 6.07) is 5.70. The zero-order valence-electron chi connectivity index (χ0n) is 11.0. The summed E-state index contributed by atoms with van der Waals surface area (Å²) in [6.45, 7) is 4.40. The predicted octanol–water partition coefficient (Wildman–Crippen LogP) is 1.40. The van der Waals surface area contributed by atoms with E-state index in [1.807, 2.05) is 19.1 Å². The van der Waals surface area contributed by atoms with Gasteiger partial charge in [0.15, 0.2) is 11.5 Å². The molecule has 0 spiro atoms. The van der Waals surface area contributed by atoms with E-state index in [4.69, 9.17) is 4.74 Å². The Kier molecular flexibility index (Phi) is 3.29. The van der Waals surface area contributed by atoms with Crippen LogP contribution in [0.1, 0.15) is 24.9 Å². The molecule has 0 aliphatic carbocycles. The number of nitrogens with zero attached hydrogens (tertiary/aromatic N) is 1. The SMILES string of the molecule is CCOc1cc(C2NN=C3CCNCC32)ccc1O. The number of hydrogen-bond donors (Lipinski definition) is 3. The highest BCUT2D eigenvalue weighted by Gasteiger charge is 2.34. The second-order valence-corrected chi connectivity index (χ2v) is 4.93. The van der Waals surface area contributed by atoms with Crippen LogP contribution in [0, 0.1) is 5.92 Å². The molecule has 0 radical (unpaired) electrons. The number of aromatic hydroxyl groups is 1. The second-order valence-electron chi connectivity index (χ2n) is 4.93. The smallest absolute Gasteiger partial charge is 0.161 e. The Hall–Kier alpha value is -1.75. The third-order valence-electron chi connectivity index (χ3n) is 3.74. The van der Waals surface area contributed by atoms with E-state index in [0.29, 0.717) is 18.3 Å². The highest BCUT2D eigenvalue weighted by Crippen LogP contribution is 2.35. The number of fused-ring (bicyclic) bond motifs is 1. The van der Waals surface area contributed by atoms with E-state index in [0.717, 1.165) is 25.1 Å². The molecule has 2 heterocycles.